The van der Waals surface area contributed by atoms with Gasteiger partial charge in [0.25, 0.3) is 5.91 Å². The summed E-state index contributed by atoms with van der Waals surface area (Å²) in [5, 5.41) is 0.572. The summed E-state index contributed by atoms with van der Waals surface area (Å²) in [5.41, 5.74) is 3.89. The van der Waals surface area contributed by atoms with Gasteiger partial charge in [-0.05, 0) is 60.1 Å². The molecule has 2 atom stereocenters. The summed E-state index contributed by atoms with van der Waals surface area (Å²) in [4.78, 5) is 21.9. The number of fused-ring (bicyclic) bond motifs is 1. The summed E-state index contributed by atoms with van der Waals surface area (Å²) in [6, 6.07) is 10.8. The molecule has 5 nitrogen and oxygen atoms in total. The van der Waals surface area contributed by atoms with Gasteiger partial charge in [-0.25, -0.2) is 9.37 Å². The van der Waals surface area contributed by atoms with Gasteiger partial charge in [-0.1, -0.05) is 35.3 Å². The SMILES string of the molecule is O=C(c1cccc(-c2ncsn2)c1Cl)N1CCN2C[C@@H](c3ccc(F)c(Cl)c3)CC[C@@H]2C1. The smallest absolute Gasteiger partial charge is 0.255 e. The van der Waals surface area contributed by atoms with Gasteiger partial charge in [0.1, 0.15) is 11.3 Å². The summed E-state index contributed by atoms with van der Waals surface area (Å²) in [6.45, 7) is 3.00. The molecule has 5 rings (SSSR count). The molecule has 2 aliphatic rings. The molecule has 0 unspecified atom stereocenters. The molecule has 0 saturated carbocycles. The van der Waals surface area contributed by atoms with Gasteiger partial charge in [-0.15, -0.1) is 0 Å². The molecule has 2 saturated heterocycles. The van der Waals surface area contributed by atoms with Gasteiger partial charge in [0.2, 0.25) is 0 Å². The minimum Gasteiger partial charge on any atom is -0.336 e. The predicted octanol–water partition coefficient (Wildman–Crippen LogP) is 5.36. The third kappa shape index (κ3) is 4.15. The molecule has 2 fully saturated rings. The van der Waals surface area contributed by atoms with Crippen molar-refractivity contribution in [2.45, 2.75) is 24.8 Å². The fraction of sp³-hybridized carbons (Fsp3) is 0.348. The van der Waals surface area contributed by atoms with Gasteiger partial charge in [0.15, 0.2) is 5.82 Å². The highest BCUT2D eigenvalue weighted by Crippen LogP contribution is 2.35. The second kappa shape index (κ2) is 9.06. The molecule has 0 spiro atoms. The van der Waals surface area contributed by atoms with Crippen LogP contribution in [0.25, 0.3) is 11.4 Å². The summed E-state index contributed by atoms with van der Waals surface area (Å²) in [7, 11) is 0. The maximum Gasteiger partial charge on any atom is 0.255 e. The van der Waals surface area contributed by atoms with E-state index < -0.39 is 0 Å². The highest BCUT2D eigenvalue weighted by molar-refractivity contribution is 7.03. The summed E-state index contributed by atoms with van der Waals surface area (Å²) >= 11 is 13.8. The number of hydrogen-bond donors (Lipinski definition) is 0. The topological polar surface area (TPSA) is 49.3 Å². The van der Waals surface area contributed by atoms with E-state index in [0.717, 1.165) is 31.5 Å². The van der Waals surface area contributed by atoms with E-state index in [0.29, 0.717) is 47.0 Å². The van der Waals surface area contributed by atoms with Crippen molar-refractivity contribution in [3.05, 3.63) is 68.9 Å². The van der Waals surface area contributed by atoms with Crippen molar-refractivity contribution in [1.29, 1.82) is 0 Å². The molecular formula is C23H21Cl2FN4OS. The number of nitrogens with zero attached hydrogens (tertiary/aromatic N) is 4. The maximum absolute atomic E-state index is 13.5. The minimum atomic E-state index is -0.385. The Morgan fingerprint density at radius 1 is 1.12 bits per heavy atom. The molecule has 1 aromatic heterocycles. The Bertz CT molecular complexity index is 1140. The Kier molecular flexibility index (Phi) is 6.16. The summed E-state index contributed by atoms with van der Waals surface area (Å²) < 4.78 is 17.8. The lowest BCUT2D eigenvalue weighted by atomic mass is 9.86. The molecule has 32 heavy (non-hydrogen) atoms. The first-order chi connectivity index (χ1) is 15.5. The molecule has 0 radical (unpaired) electrons. The zero-order valence-electron chi connectivity index (χ0n) is 17.2. The molecule has 2 aliphatic heterocycles. The van der Waals surface area contributed by atoms with Crippen molar-refractivity contribution in [2.75, 3.05) is 26.2 Å². The average molecular weight is 491 g/mol. The van der Waals surface area contributed by atoms with Crippen LogP contribution in [0, 0.1) is 5.82 Å². The first kappa shape index (κ1) is 21.8. The number of benzene rings is 2. The molecule has 9 heteroatoms. The van der Waals surface area contributed by atoms with Gasteiger partial charge >= 0.3 is 0 Å². The Labute approximate surface area is 199 Å². The van der Waals surface area contributed by atoms with Crippen molar-refractivity contribution in [3.8, 4) is 11.4 Å². The van der Waals surface area contributed by atoms with E-state index in [1.165, 1.54) is 17.6 Å². The van der Waals surface area contributed by atoms with E-state index in [9.17, 15) is 9.18 Å². The standard InChI is InChI=1S/C23H21Cl2FN4OS/c24-19-10-14(5-7-20(19)26)15-4-6-16-12-30(9-8-29(16)11-15)23(31)18-3-1-2-17(21(18)25)22-27-13-32-28-22/h1-3,5,7,10,13,15-16H,4,6,8-9,11-12H2/t15-,16+/m0/s1. The first-order valence-corrected chi connectivity index (χ1v) is 12.1. The summed E-state index contributed by atoms with van der Waals surface area (Å²) in [5.74, 6) is 0.422. The van der Waals surface area contributed by atoms with Crippen LogP contribution in [0.1, 0.15) is 34.7 Å². The highest BCUT2D eigenvalue weighted by Gasteiger charge is 2.35. The number of halogens is 3. The lowest BCUT2D eigenvalue weighted by Crippen LogP contribution is -2.57. The Balaban J connectivity index is 1.28. The zero-order chi connectivity index (χ0) is 22.2. The maximum atomic E-state index is 13.5. The number of carbonyl (C=O) groups excluding carboxylic acids is 1. The van der Waals surface area contributed by atoms with E-state index in [1.54, 1.807) is 17.6 Å². The van der Waals surface area contributed by atoms with Crippen LogP contribution in [-0.2, 0) is 0 Å². The van der Waals surface area contributed by atoms with E-state index in [1.807, 2.05) is 23.1 Å². The van der Waals surface area contributed by atoms with Gasteiger partial charge in [0.05, 0.1) is 15.6 Å². The van der Waals surface area contributed by atoms with Crippen molar-refractivity contribution in [2.24, 2.45) is 0 Å². The number of piperidine rings is 1. The minimum absolute atomic E-state index is 0.0563. The van der Waals surface area contributed by atoms with E-state index >= 15 is 0 Å². The number of rotatable bonds is 3. The van der Waals surface area contributed by atoms with Gasteiger partial charge in [0, 0.05) is 37.8 Å². The fourth-order valence-electron chi connectivity index (χ4n) is 4.73. The number of aromatic nitrogens is 2. The van der Waals surface area contributed by atoms with Crippen molar-refractivity contribution < 1.29 is 9.18 Å². The predicted molar refractivity (Wildman–Crippen MR) is 125 cm³/mol. The van der Waals surface area contributed by atoms with Crippen molar-refractivity contribution >= 4 is 40.6 Å². The second-order valence-corrected chi connectivity index (χ2v) is 9.66. The Hall–Kier alpha value is -2.06. The second-order valence-electron chi connectivity index (χ2n) is 8.27. The van der Waals surface area contributed by atoms with E-state index in [-0.39, 0.29) is 16.7 Å². The van der Waals surface area contributed by atoms with Crippen LogP contribution in [0.15, 0.2) is 41.9 Å². The van der Waals surface area contributed by atoms with Crippen LogP contribution in [0.5, 0.6) is 0 Å². The number of amides is 1. The molecular weight excluding hydrogens is 470 g/mol. The largest absolute Gasteiger partial charge is 0.336 e. The lowest BCUT2D eigenvalue weighted by molar-refractivity contribution is 0.0329. The molecule has 3 heterocycles. The van der Waals surface area contributed by atoms with Gasteiger partial charge < -0.3 is 4.90 Å². The van der Waals surface area contributed by atoms with E-state index in [2.05, 4.69) is 14.3 Å². The van der Waals surface area contributed by atoms with Gasteiger partial charge in [-0.3, -0.25) is 9.69 Å². The lowest BCUT2D eigenvalue weighted by Gasteiger charge is -2.46. The fourth-order valence-corrected chi connectivity index (χ4v) is 5.65. The Morgan fingerprint density at radius 3 is 2.78 bits per heavy atom. The van der Waals surface area contributed by atoms with Gasteiger partial charge in [-0.2, -0.15) is 4.37 Å². The molecule has 1 amide bonds. The van der Waals surface area contributed by atoms with Crippen LogP contribution in [-0.4, -0.2) is 57.3 Å². The van der Waals surface area contributed by atoms with E-state index in [4.69, 9.17) is 23.2 Å². The van der Waals surface area contributed by atoms with Crippen molar-refractivity contribution in [3.63, 3.8) is 0 Å². The molecule has 2 aromatic carbocycles. The highest BCUT2D eigenvalue weighted by atomic mass is 35.5. The molecule has 0 N–H and O–H groups in total. The molecule has 0 aliphatic carbocycles. The van der Waals surface area contributed by atoms with Crippen LogP contribution in [0.2, 0.25) is 10.0 Å². The average Bonchev–Trinajstić information content (AvgIpc) is 3.34. The third-order valence-electron chi connectivity index (χ3n) is 6.44. The number of carbonyl (C=O) groups is 1. The molecule has 0 bridgehead atoms. The van der Waals surface area contributed by atoms with Crippen LogP contribution in [0.4, 0.5) is 4.39 Å². The number of hydrogen-bond acceptors (Lipinski definition) is 5. The quantitative estimate of drug-likeness (QED) is 0.496. The first-order valence-electron chi connectivity index (χ1n) is 10.5. The molecule has 3 aromatic rings. The van der Waals surface area contributed by atoms with Crippen LogP contribution < -0.4 is 0 Å². The summed E-state index contributed by atoms with van der Waals surface area (Å²) in [6.07, 6.45) is 1.96. The van der Waals surface area contributed by atoms with Crippen LogP contribution >= 0.6 is 34.7 Å². The van der Waals surface area contributed by atoms with Crippen molar-refractivity contribution in [1.82, 2.24) is 19.2 Å². The molecule has 166 valence electrons. The third-order valence-corrected chi connectivity index (χ3v) is 7.62. The Morgan fingerprint density at radius 2 is 2.00 bits per heavy atom. The van der Waals surface area contributed by atoms with Crippen LogP contribution in [0.3, 0.4) is 0 Å². The normalized spacial score (nSPS) is 21.4. The monoisotopic (exact) mass is 490 g/mol. The number of piperazine rings is 1. The zero-order valence-corrected chi connectivity index (χ0v) is 19.5.